The molecule has 2 aromatic carbocycles. The van der Waals surface area contributed by atoms with Crippen molar-refractivity contribution in [3.05, 3.63) is 46.9 Å². The van der Waals surface area contributed by atoms with Gasteiger partial charge in [0.2, 0.25) is 0 Å². The fourth-order valence-corrected chi connectivity index (χ4v) is 3.78. The van der Waals surface area contributed by atoms with E-state index in [0.29, 0.717) is 21.7 Å². The van der Waals surface area contributed by atoms with Crippen LogP contribution >= 0.6 is 15.9 Å². The van der Waals surface area contributed by atoms with E-state index < -0.39 is 10.0 Å². The summed E-state index contributed by atoms with van der Waals surface area (Å²) in [4.78, 5) is 0.159. The van der Waals surface area contributed by atoms with Crippen LogP contribution in [0.3, 0.4) is 0 Å². The van der Waals surface area contributed by atoms with E-state index in [-0.39, 0.29) is 4.90 Å². The molecule has 21 heavy (non-hydrogen) atoms. The predicted octanol–water partition coefficient (Wildman–Crippen LogP) is 3.27. The molecule has 2 rings (SSSR count). The first-order chi connectivity index (χ1) is 9.96. The van der Waals surface area contributed by atoms with Gasteiger partial charge in [-0.1, -0.05) is 12.1 Å². The monoisotopic (exact) mass is 371 g/mol. The Morgan fingerprint density at radius 2 is 1.57 bits per heavy atom. The van der Waals surface area contributed by atoms with Crippen LogP contribution in [0.4, 0.5) is 5.69 Å². The summed E-state index contributed by atoms with van der Waals surface area (Å²) in [6.45, 7) is 0. The van der Waals surface area contributed by atoms with Gasteiger partial charge in [0.05, 0.1) is 19.9 Å². The Morgan fingerprint density at radius 1 is 1.00 bits per heavy atom. The molecule has 1 N–H and O–H groups in total. The molecule has 0 aliphatic carbocycles. The maximum Gasteiger partial charge on any atom is 0.263 e. The topological polar surface area (TPSA) is 64.6 Å². The first-order valence-corrected chi connectivity index (χ1v) is 8.24. The molecule has 0 fully saturated rings. The summed E-state index contributed by atoms with van der Waals surface area (Å²) in [6.07, 6.45) is 0. The number of nitrogens with one attached hydrogen (secondary N) is 1. The lowest BCUT2D eigenvalue weighted by molar-refractivity contribution is 0.395. The van der Waals surface area contributed by atoms with Crippen LogP contribution in [0.1, 0.15) is 0 Å². The number of halogens is 1. The number of ether oxygens (including phenoxy) is 2. The Kier molecular flexibility index (Phi) is 4.74. The molecule has 0 radical (unpaired) electrons. The molecule has 0 atom stereocenters. The van der Waals surface area contributed by atoms with E-state index in [2.05, 4.69) is 20.7 Å². The second-order valence-corrected chi connectivity index (χ2v) is 6.64. The highest BCUT2D eigenvalue weighted by molar-refractivity contribution is 9.10. The number of hydrogen-bond acceptors (Lipinski definition) is 4. The van der Waals surface area contributed by atoms with Crippen molar-refractivity contribution in [3.63, 3.8) is 0 Å². The van der Waals surface area contributed by atoms with Crippen molar-refractivity contribution in [3.8, 4) is 11.5 Å². The molecule has 0 saturated heterocycles. The predicted molar refractivity (Wildman–Crippen MR) is 84.5 cm³/mol. The first-order valence-electron chi connectivity index (χ1n) is 5.96. The molecule has 112 valence electrons. The highest BCUT2D eigenvalue weighted by Crippen LogP contribution is 2.29. The standard InChI is InChI=1S/C14H14BrNO4S/c1-19-11-7-10(8-12(9-11)20-2)16-21(17,18)14-6-4-3-5-13(14)15/h3-9,16H,1-2H3. The van der Waals surface area contributed by atoms with Crippen LogP contribution in [-0.2, 0) is 10.0 Å². The number of hydrogen-bond donors (Lipinski definition) is 1. The number of anilines is 1. The SMILES string of the molecule is COc1cc(NS(=O)(=O)c2ccccc2Br)cc(OC)c1. The average molecular weight is 372 g/mol. The second-order valence-electron chi connectivity index (χ2n) is 4.14. The van der Waals surface area contributed by atoms with Gasteiger partial charge in [-0.25, -0.2) is 8.42 Å². The van der Waals surface area contributed by atoms with Crippen molar-refractivity contribution in [2.45, 2.75) is 4.90 Å². The zero-order valence-electron chi connectivity index (χ0n) is 11.5. The van der Waals surface area contributed by atoms with Crippen molar-refractivity contribution >= 4 is 31.6 Å². The largest absolute Gasteiger partial charge is 0.497 e. The van der Waals surface area contributed by atoms with E-state index in [1.165, 1.54) is 20.3 Å². The van der Waals surface area contributed by atoms with Gasteiger partial charge in [0.25, 0.3) is 10.0 Å². The van der Waals surface area contributed by atoms with Gasteiger partial charge in [0.15, 0.2) is 0 Å². The molecule has 5 nitrogen and oxygen atoms in total. The van der Waals surface area contributed by atoms with Crippen LogP contribution < -0.4 is 14.2 Å². The lowest BCUT2D eigenvalue weighted by Crippen LogP contribution is -2.13. The van der Waals surface area contributed by atoms with Crippen molar-refractivity contribution < 1.29 is 17.9 Å². The molecule has 7 heteroatoms. The molecular weight excluding hydrogens is 358 g/mol. The van der Waals surface area contributed by atoms with Crippen LogP contribution in [-0.4, -0.2) is 22.6 Å². The van der Waals surface area contributed by atoms with E-state index in [1.54, 1.807) is 36.4 Å². The molecule has 0 aliphatic heterocycles. The van der Waals surface area contributed by atoms with Gasteiger partial charge in [-0.3, -0.25) is 4.72 Å². The minimum atomic E-state index is -3.70. The molecule has 0 spiro atoms. The third kappa shape index (κ3) is 3.68. The molecule has 0 bridgehead atoms. The second kappa shape index (κ2) is 6.36. The lowest BCUT2D eigenvalue weighted by atomic mass is 10.3. The van der Waals surface area contributed by atoms with Gasteiger partial charge in [0.1, 0.15) is 16.4 Å². The van der Waals surface area contributed by atoms with Crippen molar-refractivity contribution in [2.24, 2.45) is 0 Å². The molecule has 0 heterocycles. The Labute approximate surface area is 132 Å². The summed E-state index contributed by atoms with van der Waals surface area (Å²) in [5.41, 5.74) is 0.363. The molecule has 2 aromatic rings. The lowest BCUT2D eigenvalue weighted by Gasteiger charge is -2.12. The van der Waals surface area contributed by atoms with Gasteiger partial charge in [-0.2, -0.15) is 0 Å². The number of methoxy groups -OCH3 is 2. The highest BCUT2D eigenvalue weighted by atomic mass is 79.9. The van der Waals surface area contributed by atoms with Crippen molar-refractivity contribution in [2.75, 3.05) is 18.9 Å². The fraction of sp³-hybridized carbons (Fsp3) is 0.143. The van der Waals surface area contributed by atoms with Crippen molar-refractivity contribution in [1.29, 1.82) is 0 Å². The Hall–Kier alpha value is -1.73. The fourth-order valence-electron chi connectivity index (χ4n) is 1.74. The third-order valence-corrected chi connectivity index (χ3v) is 5.12. The van der Waals surface area contributed by atoms with Gasteiger partial charge in [-0.15, -0.1) is 0 Å². The summed E-state index contributed by atoms with van der Waals surface area (Å²) in [5.74, 6) is 0.998. The zero-order valence-corrected chi connectivity index (χ0v) is 13.9. The van der Waals surface area contributed by atoms with E-state index >= 15 is 0 Å². The third-order valence-electron chi connectivity index (χ3n) is 2.73. The number of benzene rings is 2. The number of rotatable bonds is 5. The molecule has 0 saturated carbocycles. The quantitative estimate of drug-likeness (QED) is 0.875. The summed E-state index contributed by atoms with van der Waals surface area (Å²) in [6, 6.07) is 11.4. The summed E-state index contributed by atoms with van der Waals surface area (Å²) < 4.78 is 38.0. The molecular formula is C14H14BrNO4S. The van der Waals surface area contributed by atoms with E-state index in [4.69, 9.17) is 9.47 Å². The van der Waals surface area contributed by atoms with Gasteiger partial charge >= 0.3 is 0 Å². The smallest absolute Gasteiger partial charge is 0.263 e. The minimum absolute atomic E-state index is 0.159. The van der Waals surface area contributed by atoms with Crippen LogP contribution in [0.5, 0.6) is 11.5 Å². The van der Waals surface area contributed by atoms with Gasteiger partial charge < -0.3 is 9.47 Å². The Balaban J connectivity index is 2.39. The zero-order chi connectivity index (χ0) is 15.5. The van der Waals surface area contributed by atoms with Crippen LogP contribution in [0, 0.1) is 0 Å². The highest BCUT2D eigenvalue weighted by Gasteiger charge is 2.18. The van der Waals surface area contributed by atoms with Gasteiger partial charge in [0, 0.05) is 22.7 Å². The molecule has 0 amide bonds. The van der Waals surface area contributed by atoms with Crippen LogP contribution in [0.2, 0.25) is 0 Å². The number of sulfonamides is 1. The maximum atomic E-state index is 12.4. The van der Waals surface area contributed by atoms with Gasteiger partial charge in [-0.05, 0) is 28.1 Å². The molecule has 0 unspecified atom stereocenters. The minimum Gasteiger partial charge on any atom is -0.497 e. The van der Waals surface area contributed by atoms with Crippen molar-refractivity contribution in [1.82, 2.24) is 0 Å². The summed E-state index contributed by atoms with van der Waals surface area (Å²) in [7, 11) is -0.700. The Bertz CT molecular complexity index is 724. The normalized spacial score (nSPS) is 11.0. The maximum absolute atomic E-state index is 12.4. The van der Waals surface area contributed by atoms with Crippen LogP contribution in [0.25, 0.3) is 0 Å². The Morgan fingerprint density at radius 3 is 2.10 bits per heavy atom. The molecule has 0 aromatic heterocycles. The van der Waals surface area contributed by atoms with E-state index in [1.807, 2.05) is 0 Å². The average Bonchev–Trinajstić information content (AvgIpc) is 2.46. The summed E-state index contributed by atoms with van der Waals surface area (Å²) in [5, 5.41) is 0. The van der Waals surface area contributed by atoms with Crippen LogP contribution in [0.15, 0.2) is 51.8 Å². The van der Waals surface area contributed by atoms with E-state index in [9.17, 15) is 8.42 Å². The van der Waals surface area contributed by atoms with E-state index in [0.717, 1.165) is 0 Å². The molecule has 0 aliphatic rings. The first kappa shape index (κ1) is 15.7. The summed E-state index contributed by atoms with van der Waals surface area (Å²) >= 11 is 3.23.